The SMILES string of the molecule is CCCOc1cccc(/C(O)=C2\C(=O)C(=O)N(c3nc4ccc(OC)cc4s3)C2c2ccc(N(C)C)cc2)c1. The Morgan fingerprint density at radius 2 is 1.82 bits per heavy atom. The summed E-state index contributed by atoms with van der Waals surface area (Å²) in [5.41, 5.74) is 2.72. The van der Waals surface area contributed by atoms with Gasteiger partial charge in [-0.05, 0) is 54.4 Å². The van der Waals surface area contributed by atoms with Crippen LogP contribution in [-0.4, -0.2) is 49.6 Å². The number of nitrogens with zero attached hydrogens (tertiary/aromatic N) is 3. The Morgan fingerprint density at radius 1 is 1.05 bits per heavy atom. The fraction of sp³-hybridized carbons (Fsp3) is 0.233. The smallest absolute Gasteiger partial charge is 0.301 e. The van der Waals surface area contributed by atoms with Crippen LogP contribution in [0, 0.1) is 0 Å². The fourth-order valence-corrected chi connectivity index (χ4v) is 5.55. The van der Waals surface area contributed by atoms with E-state index >= 15 is 0 Å². The Hall–Kier alpha value is -4.37. The van der Waals surface area contributed by atoms with Crippen LogP contribution >= 0.6 is 11.3 Å². The second-order valence-electron chi connectivity index (χ2n) is 9.36. The maximum Gasteiger partial charge on any atom is 0.301 e. The summed E-state index contributed by atoms with van der Waals surface area (Å²) in [6.45, 7) is 2.53. The lowest BCUT2D eigenvalue weighted by Gasteiger charge is -2.23. The monoisotopic (exact) mass is 543 g/mol. The number of thiazole rings is 1. The zero-order valence-corrected chi connectivity index (χ0v) is 23.0. The number of anilines is 2. The predicted molar refractivity (Wildman–Crippen MR) is 154 cm³/mol. The first-order valence-electron chi connectivity index (χ1n) is 12.6. The number of hydrogen-bond acceptors (Lipinski definition) is 8. The third-order valence-electron chi connectivity index (χ3n) is 6.54. The quantitative estimate of drug-likeness (QED) is 0.171. The second-order valence-corrected chi connectivity index (χ2v) is 10.4. The van der Waals surface area contributed by atoms with Gasteiger partial charge in [-0.1, -0.05) is 42.5 Å². The molecule has 200 valence electrons. The van der Waals surface area contributed by atoms with Crippen molar-refractivity contribution in [1.82, 2.24) is 4.98 Å². The van der Waals surface area contributed by atoms with Gasteiger partial charge in [-0.3, -0.25) is 14.5 Å². The number of methoxy groups -OCH3 is 1. The molecule has 1 N–H and O–H groups in total. The number of Topliss-reactive ketones (excluding diaryl/α,β-unsaturated/α-hetero) is 1. The average Bonchev–Trinajstić information content (AvgIpc) is 3.49. The van der Waals surface area contributed by atoms with Crippen LogP contribution in [0.2, 0.25) is 0 Å². The van der Waals surface area contributed by atoms with Crippen LogP contribution in [0.4, 0.5) is 10.8 Å². The lowest BCUT2D eigenvalue weighted by atomic mass is 9.95. The molecule has 1 aliphatic rings. The van der Waals surface area contributed by atoms with E-state index in [9.17, 15) is 14.7 Å². The van der Waals surface area contributed by atoms with Crippen LogP contribution in [0.5, 0.6) is 11.5 Å². The third-order valence-corrected chi connectivity index (χ3v) is 7.56. The predicted octanol–water partition coefficient (Wildman–Crippen LogP) is 5.79. The minimum absolute atomic E-state index is 0.00193. The van der Waals surface area contributed by atoms with Gasteiger partial charge in [-0.15, -0.1) is 0 Å². The summed E-state index contributed by atoms with van der Waals surface area (Å²) in [4.78, 5) is 35.1. The van der Waals surface area contributed by atoms with Gasteiger partial charge in [0.15, 0.2) is 5.13 Å². The molecule has 1 fully saturated rings. The first kappa shape index (κ1) is 26.2. The number of aromatic nitrogens is 1. The molecular formula is C30H29N3O5S. The molecule has 0 radical (unpaired) electrons. The number of hydrogen-bond donors (Lipinski definition) is 1. The minimum Gasteiger partial charge on any atom is -0.507 e. The standard InChI is InChI=1S/C30H29N3O5S/c1-5-15-38-22-8-6-7-19(16-22)27(34)25-26(18-9-11-20(12-10-18)32(2)3)33(29(36)28(25)35)30-31-23-14-13-21(37-4)17-24(23)39-30/h6-14,16-17,26,34H,5,15H2,1-4H3/b27-25+. The van der Waals surface area contributed by atoms with Gasteiger partial charge in [0.1, 0.15) is 17.3 Å². The van der Waals surface area contributed by atoms with E-state index in [0.29, 0.717) is 39.9 Å². The number of ether oxygens (including phenoxy) is 2. The summed E-state index contributed by atoms with van der Waals surface area (Å²) in [5.74, 6) is -0.543. The van der Waals surface area contributed by atoms with Crippen LogP contribution in [-0.2, 0) is 9.59 Å². The number of amides is 1. The summed E-state index contributed by atoms with van der Waals surface area (Å²) in [7, 11) is 5.45. The van der Waals surface area contributed by atoms with Crippen molar-refractivity contribution in [2.45, 2.75) is 19.4 Å². The van der Waals surface area contributed by atoms with Gasteiger partial charge >= 0.3 is 5.91 Å². The highest BCUT2D eigenvalue weighted by Crippen LogP contribution is 2.45. The van der Waals surface area contributed by atoms with Gasteiger partial charge in [-0.25, -0.2) is 4.98 Å². The van der Waals surface area contributed by atoms with Crippen molar-refractivity contribution in [2.75, 3.05) is 37.6 Å². The molecule has 3 aromatic carbocycles. The first-order chi connectivity index (χ1) is 18.8. The molecule has 0 aliphatic carbocycles. The summed E-state index contributed by atoms with van der Waals surface area (Å²) < 4.78 is 11.9. The van der Waals surface area contributed by atoms with E-state index in [4.69, 9.17) is 9.47 Å². The van der Waals surface area contributed by atoms with E-state index in [1.54, 1.807) is 37.4 Å². The highest BCUT2D eigenvalue weighted by atomic mass is 32.1. The normalized spacial score (nSPS) is 16.6. The van der Waals surface area contributed by atoms with Crippen molar-refractivity contribution in [2.24, 2.45) is 0 Å². The molecular weight excluding hydrogens is 514 g/mol. The maximum absolute atomic E-state index is 13.6. The Kier molecular flexibility index (Phi) is 7.26. The van der Waals surface area contributed by atoms with Crippen LogP contribution in [0.3, 0.4) is 0 Å². The van der Waals surface area contributed by atoms with Crippen LogP contribution in [0.15, 0.2) is 72.3 Å². The van der Waals surface area contributed by atoms with Gasteiger partial charge in [0.2, 0.25) is 0 Å². The molecule has 0 bridgehead atoms. The molecule has 39 heavy (non-hydrogen) atoms. The molecule has 9 heteroatoms. The van der Waals surface area contributed by atoms with Gasteiger partial charge in [-0.2, -0.15) is 0 Å². The van der Waals surface area contributed by atoms with E-state index in [1.807, 2.05) is 62.3 Å². The third kappa shape index (κ3) is 4.93. The van der Waals surface area contributed by atoms with E-state index < -0.39 is 17.7 Å². The molecule has 8 nitrogen and oxygen atoms in total. The number of aliphatic hydroxyl groups is 1. The van der Waals surface area contributed by atoms with Gasteiger partial charge in [0.25, 0.3) is 5.78 Å². The van der Waals surface area contributed by atoms with Crippen molar-refractivity contribution in [1.29, 1.82) is 0 Å². The number of ketones is 1. The molecule has 1 aliphatic heterocycles. The number of carbonyl (C=O) groups excluding carboxylic acids is 2. The fourth-order valence-electron chi connectivity index (χ4n) is 4.53. The lowest BCUT2D eigenvalue weighted by molar-refractivity contribution is -0.132. The molecule has 2 heterocycles. The molecule has 5 rings (SSSR count). The van der Waals surface area contributed by atoms with Crippen molar-refractivity contribution < 1.29 is 24.2 Å². The summed E-state index contributed by atoms with van der Waals surface area (Å²) in [6, 6.07) is 19.0. The highest BCUT2D eigenvalue weighted by molar-refractivity contribution is 7.22. The number of fused-ring (bicyclic) bond motifs is 1. The second kappa shape index (κ2) is 10.8. The molecule has 1 saturated heterocycles. The van der Waals surface area contributed by atoms with E-state index in [-0.39, 0.29) is 11.3 Å². The molecule has 1 atom stereocenters. The number of rotatable bonds is 8. The van der Waals surface area contributed by atoms with Crippen molar-refractivity contribution >= 4 is 49.8 Å². The molecule has 0 spiro atoms. The van der Waals surface area contributed by atoms with Gasteiger partial charge < -0.3 is 19.5 Å². The van der Waals surface area contributed by atoms with E-state index in [0.717, 1.165) is 16.8 Å². The zero-order valence-electron chi connectivity index (χ0n) is 22.2. The molecule has 1 amide bonds. The molecule has 1 aromatic heterocycles. The molecule has 0 saturated carbocycles. The van der Waals surface area contributed by atoms with Crippen LogP contribution in [0.1, 0.15) is 30.5 Å². The highest BCUT2D eigenvalue weighted by Gasteiger charge is 2.48. The maximum atomic E-state index is 13.6. The topological polar surface area (TPSA) is 92.2 Å². The van der Waals surface area contributed by atoms with Gasteiger partial charge in [0, 0.05) is 25.3 Å². The Labute approximate surface area is 230 Å². The van der Waals surface area contributed by atoms with Crippen molar-refractivity contribution in [3.05, 3.63) is 83.4 Å². The largest absolute Gasteiger partial charge is 0.507 e. The van der Waals surface area contributed by atoms with Gasteiger partial charge in [0.05, 0.1) is 35.5 Å². The van der Waals surface area contributed by atoms with Crippen LogP contribution < -0.4 is 19.3 Å². The number of carbonyl (C=O) groups is 2. The number of aliphatic hydroxyl groups excluding tert-OH is 1. The molecule has 1 unspecified atom stereocenters. The summed E-state index contributed by atoms with van der Waals surface area (Å²) in [6.07, 6.45) is 0.832. The summed E-state index contributed by atoms with van der Waals surface area (Å²) in [5, 5.41) is 11.9. The summed E-state index contributed by atoms with van der Waals surface area (Å²) >= 11 is 1.29. The van der Waals surface area contributed by atoms with E-state index in [1.165, 1.54) is 16.2 Å². The van der Waals surface area contributed by atoms with Crippen molar-refractivity contribution in [3.63, 3.8) is 0 Å². The molecule has 4 aromatic rings. The lowest BCUT2D eigenvalue weighted by Crippen LogP contribution is -2.29. The van der Waals surface area contributed by atoms with Crippen molar-refractivity contribution in [3.8, 4) is 11.5 Å². The average molecular weight is 544 g/mol. The van der Waals surface area contributed by atoms with E-state index in [2.05, 4.69) is 4.98 Å². The minimum atomic E-state index is -0.871. The zero-order chi connectivity index (χ0) is 27.7. The van der Waals surface area contributed by atoms with Crippen LogP contribution in [0.25, 0.3) is 16.0 Å². The Bertz CT molecular complexity index is 1580. The Balaban J connectivity index is 1.67. The first-order valence-corrected chi connectivity index (χ1v) is 13.4. The Morgan fingerprint density at radius 3 is 2.51 bits per heavy atom. The number of benzene rings is 3.